The summed E-state index contributed by atoms with van der Waals surface area (Å²) < 4.78 is 49.6. The normalized spacial score (nSPS) is 11.2. The molecule has 3 amide bonds. The molecule has 0 aliphatic rings. The molecule has 4 N–H and O–H groups in total. The van der Waals surface area contributed by atoms with Gasteiger partial charge in [-0.25, -0.2) is 10.2 Å². The summed E-state index contributed by atoms with van der Waals surface area (Å²) in [4.78, 5) is 22.7. The molecular weight excluding hydrogens is 520 g/mol. The van der Waals surface area contributed by atoms with Crippen LogP contribution in [0.4, 0.5) is 23.7 Å². The lowest BCUT2D eigenvalue weighted by molar-refractivity contribution is -0.137. The van der Waals surface area contributed by atoms with E-state index < -0.39 is 30.3 Å². The minimum atomic E-state index is -4.52. The number of hydrogen-bond acceptors (Lipinski definition) is 5. The summed E-state index contributed by atoms with van der Waals surface area (Å²) in [6.07, 6.45) is -3.18. The van der Waals surface area contributed by atoms with Gasteiger partial charge < -0.3 is 20.5 Å². The number of benzene rings is 2. The van der Waals surface area contributed by atoms with E-state index in [1.807, 2.05) is 22.6 Å². The third kappa shape index (κ3) is 6.79. The summed E-state index contributed by atoms with van der Waals surface area (Å²) in [6, 6.07) is 6.65. The van der Waals surface area contributed by atoms with Crippen molar-refractivity contribution in [3.8, 4) is 11.5 Å². The largest absolute Gasteiger partial charge is 0.493 e. The molecule has 0 fully saturated rings. The number of alkyl halides is 3. The SMILES string of the molecule is COc1cc(C=NNC(N)=O)cc(I)c1OCC(=O)Nc1cccc(C(F)(F)F)c1. The number of nitrogens with two attached hydrogens (primary N) is 1. The van der Waals surface area contributed by atoms with Crippen molar-refractivity contribution in [2.75, 3.05) is 19.0 Å². The maximum absolute atomic E-state index is 12.8. The molecule has 30 heavy (non-hydrogen) atoms. The van der Waals surface area contributed by atoms with Crippen molar-refractivity contribution in [1.82, 2.24) is 5.43 Å². The molecular formula is C18H16F3IN4O4. The fourth-order valence-corrected chi connectivity index (χ4v) is 3.01. The lowest BCUT2D eigenvalue weighted by Crippen LogP contribution is -2.24. The Morgan fingerprint density at radius 3 is 2.63 bits per heavy atom. The molecule has 0 bridgehead atoms. The van der Waals surface area contributed by atoms with Gasteiger partial charge in [0.25, 0.3) is 5.91 Å². The zero-order chi connectivity index (χ0) is 22.3. The predicted octanol–water partition coefficient (Wildman–Crippen LogP) is 3.34. The second-order valence-electron chi connectivity index (χ2n) is 5.68. The molecule has 160 valence electrons. The Bertz CT molecular complexity index is 967. The van der Waals surface area contributed by atoms with E-state index in [1.165, 1.54) is 25.5 Å². The molecule has 0 heterocycles. The minimum Gasteiger partial charge on any atom is -0.493 e. The number of halogens is 4. The second-order valence-corrected chi connectivity index (χ2v) is 6.85. The third-order valence-electron chi connectivity index (χ3n) is 3.46. The highest BCUT2D eigenvalue weighted by Gasteiger charge is 2.30. The molecule has 2 rings (SSSR count). The molecule has 0 unspecified atom stereocenters. The number of carbonyl (C=O) groups excluding carboxylic acids is 2. The fourth-order valence-electron chi connectivity index (χ4n) is 2.23. The summed E-state index contributed by atoms with van der Waals surface area (Å²) in [5.41, 5.74) is 6.65. The van der Waals surface area contributed by atoms with Crippen molar-refractivity contribution in [1.29, 1.82) is 0 Å². The molecule has 2 aromatic rings. The van der Waals surface area contributed by atoms with Crippen molar-refractivity contribution < 1.29 is 32.2 Å². The van der Waals surface area contributed by atoms with Crippen molar-refractivity contribution in [3.63, 3.8) is 0 Å². The first-order valence-electron chi connectivity index (χ1n) is 8.16. The molecule has 0 saturated heterocycles. The highest BCUT2D eigenvalue weighted by Crippen LogP contribution is 2.34. The fraction of sp³-hybridized carbons (Fsp3) is 0.167. The first-order valence-corrected chi connectivity index (χ1v) is 9.24. The van der Waals surface area contributed by atoms with Crippen molar-refractivity contribution in [3.05, 3.63) is 51.1 Å². The first-order chi connectivity index (χ1) is 14.1. The zero-order valence-corrected chi connectivity index (χ0v) is 17.6. The van der Waals surface area contributed by atoms with Crippen LogP contribution in [0, 0.1) is 3.57 Å². The first kappa shape index (κ1) is 23.3. The van der Waals surface area contributed by atoms with Crippen LogP contribution in [0.3, 0.4) is 0 Å². The molecule has 0 aliphatic heterocycles. The Morgan fingerprint density at radius 2 is 2.00 bits per heavy atom. The van der Waals surface area contributed by atoms with Crippen LogP contribution in [0.15, 0.2) is 41.5 Å². The molecule has 8 nitrogen and oxygen atoms in total. The average Bonchev–Trinajstić information content (AvgIpc) is 2.66. The summed E-state index contributed by atoms with van der Waals surface area (Å²) in [5, 5.41) is 5.99. The minimum absolute atomic E-state index is 0.00593. The molecule has 12 heteroatoms. The van der Waals surface area contributed by atoms with Gasteiger partial charge in [-0.2, -0.15) is 18.3 Å². The van der Waals surface area contributed by atoms with Gasteiger partial charge in [0.05, 0.1) is 22.5 Å². The second kappa shape index (κ2) is 10.1. The predicted molar refractivity (Wildman–Crippen MR) is 112 cm³/mol. The van der Waals surface area contributed by atoms with Gasteiger partial charge in [-0.3, -0.25) is 4.79 Å². The number of anilines is 1. The number of nitrogens with one attached hydrogen (secondary N) is 2. The van der Waals surface area contributed by atoms with Gasteiger partial charge in [-0.1, -0.05) is 6.07 Å². The molecule has 0 aliphatic carbocycles. The number of primary amides is 1. The lowest BCUT2D eigenvalue weighted by Gasteiger charge is -2.14. The number of methoxy groups -OCH3 is 1. The van der Waals surface area contributed by atoms with E-state index in [1.54, 1.807) is 12.1 Å². The van der Waals surface area contributed by atoms with Gasteiger partial charge in [-0.05, 0) is 58.5 Å². The average molecular weight is 536 g/mol. The van der Waals surface area contributed by atoms with Crippen LogP contribution in [-0.2, 0) is 11.0 Å². The molecule has 0 spiro atoms. The van der Waals surface area contributed by atoms with E-state index >= 15 is 0 Å². The van der Waals surface area contributed by atoms with E-state index in [9.17, 15) is 22.8 Å². The van der Waals surface area contributed by atoms with E-state index in [0.29, 0.717) is 9.13 Å². The Hall–Kier alpha value is -3.03. The highest BCUT2D eigenvalue weighted by atomic mass is 127. The summed E-state index contributed by atoms with van der Waals surface area (Å²) in [7, 11) is 1.39. The van der Waals surface area contributed by atoms with Crippen LogP contribution >= 0.6 is 22.6 Å². The van der Waals surface area contributed by atoms with Crippen LogP contribution in [0.2, 0.25) is 0 Å². The molecule has 0 saturated carbocycles. The summed E-state index contributed by atoms with van der Waals surface area (Å²) in [6.45, 7) is -0.459. The summed E-state index contributed by atoms with van der Waals surface area (Å²) in [5.74, 6) is -0.102. The van der Waals surface area contributed by atoms with E-state index in [2.05, 4.69) is 15.8 Å². The molecule has 0 aromatic heterocycles. The van der Waals surface area contributed by atoms with Gasteiger partial charge in [0.1, 0.15) is 0 Å². The van der Waals surface area contributed by atoms with E-state index in [0.717, 1.165) is 12.1 Å². The number of carbonyl (C=O) groups is 2. The molecule has 0 radical (unpaired) electrons. The van der Waals surface area contributed by atoms with Crippen LogP contribution in [0.25, 0.3) is 0 Å². The Balaban J connectivity index is 2.07. The van der Waals surface area contributed by atoms with Crippen LogP contribution < -0.4 is 25.9 Å². The highest BCUT2D eigenvalue weighted by molar-refractivity contribution is 14.1. The number of nitrogens with zero attached hydrogens (tertiary/aromatic N) is 1. The zero-order valence-electron chi connectivity index (χ0n) is 15.4. The Kier molecular flexibility index (Phi) is 7.86. The number of rotatable bonds is 7. The quantitative estimate of drug-likeness (QED) is 0.286. The van der Waals surface area contributed by atoms with Gasteiger partial charge in [0, 0.05) is 5.69 Å². The summed E-state index contributed by atoms with van der Waals surface area (Å²) >= 11 is 1.95. The monoisotopic (exact) mass is 536 g/mol. The smallest absolute Gasteiger partial charge is 0.416 e. The maximum Gasteiger partial charge on any atom is 0.416 e. The van der Waals surface area contributed by atoms with E-state index in [-0.39, 0.29) is 17.2 Å². The maximum atomic E-state index is 12.8. The number of hydrazone groups is 1. The van der Waals surface area contributed by atoms with Crippen molar-refractivity contribution in [2.45, 2.75) is 6.18 Å². The van der Waals surface area contributed by atoms with Crippen molar-refractivity contribution in [2.24, 2.45) is 10.8 Å². The number of amides is 3. The number of ether oxygens (including phenoxy) is 2. The topological polar surface area (TPSA) is 115 Å². The van der Waals surface area contributed by atoms with Gasteiger partial charge in [-0.15, -0.1) is 0 Å². The van der Waals surface area contributed by atoms with E-state index in [4.69, 9.17) is 15.2 Å². The number of hydrogen-bond donors (Lipinski definition) is 3. The Labute approximate surface area is 182 Å². The van der Waals surface area contributed by atoms with Crippen LogP contribution in [0.1, 0.15) is 11.1 Å². The third-order valence-corrected chi connectivity index (χ3v) is 4.26. The lowest BCUT2D eigenvalue weighted by atomic mass is 10.2. The number of urea groups is 1. The molecule has 0 atom stereocenters. The van der Waals surface area contributed by atoms with Crippen LogP contribution in [0.5, 0.6) is 11.5 Å². The van der Waals surface area contributed by atoms with Gasteiger partial charge >= 0.3 is 12.2 Å². The standard InChI is InChI=1S/C18H16F3IN4O4/c1-29-14-6-10(8-24-26-17(23)28)5-13(22)16(14)30-9-15(27)25-12-4-2-3-11(7-12)18(19,20)21/h2-8H,9H2,1H3,(H,25,27)(H3,23,26,28). The van der Waals surface area contributed by atoms with Gasteiger partial charge in [0.15, 0.2) is 18.1 Å². The molecule has 2 aromatic carbocycles. The van der Waals surface area contributed by atoms with Gasteiger partial charge in [0.2, 0.25) is 0 Å². The van der Waals surface area contributed by atoms with Crippen molar-refractivity contribution >= 4 is 46.4 Å². The van der Waals surface area contributed by atoms with Crippen LogP contribution in [-0.4, -0.2) is 31.9 Å². The Morgan fingerprint density at radius 1 is 1.27 bits per heavy atom.